The van der Waals surface area contributed by atoms with Gasteiger partial charge in [-0.15, -0.1) is 11.3 Å². The number of anilines is 1. The van der Waals surface area contributed by atoms with Crippen LogP contribution in [0.2, 0.25) is 0 Å². The van der Waals surface area contributed by atoms with Gasteiger partial charge in [0.25, 0.3) is 0 Å². The maximum absolute atomic E-state index is 12.7. The molecule has 3 atom stereocenters. The molecule has 26 heavy (non-hydrogen) atoms. The van der Waals surface area contributed by atoms with Crippen LogP contribution in [0.4, 0.5) is 5.69 Å². The Bertz CT molecular complexity index is 715. The molecule has 5 heteroatoms. The number of thiophene rings is 1. The van der Waals surface area contributed by atoms with Crippen LogP contribution in [-0.2, 0) is 4.79 Å². The van der Waals surface area contributed by atoms with E-state index in [0.29, 0.717) is 13.0 Å². The van der Waals surface area contributed by atoms with E-state index in [9.17, 15) is 9.90 Å². The van der Waals surface area contributed by atoms with Crippen LogP contribution in [0.1, 0.15) is 44.5 Å². The van der Waals surface area contributed by atoms with Crippen molar-refractivity contribution in [3.8, 4) is 0 Å². The number of para-hydroxylation sites is 1. The first-order valence-electron chi connectivity index (χ1n) is 9.31. The summed E-state index contributed by atoms with van der Waals surface area (Å²) in [6.45, 7) is 7.34. The van der Waals surface area contributed by atoms with Gasteiger partial charge in [-0.2, -0.15) is 0 Å². The molecule has 1 N–H and O–H groups in total. The van der Waals surface area contributed by atoms with Gasteiger partial charge >= 0.3 is 0 Å². The monoisotopic (exact) mass is 372 g/mol. The van der Waals surface area contributed by atoms with E-state index in [2.05, 4.69) is 29.3 Å². The lowest BCUT2D eigenvalue weighted by atomic mass is 9.86. The molecule has 1 aromatic carbocycles. The maximum atomic E-state index is 12.7. The summed E-state index contributed by atoms with van der Waals surface area (Å²) < 4.78 is 0. The van der Waals surface area contributed by atoms with Crippen LogP contribution in [0, 0.1) is 0 Å². The summed E-state index contributed by atoms with van der Waals surface area (Å²) in [5, 5.41) is 13.4. The van der Waals surface area contributed by atoms with E-state index in [4.69, 9.17) is 0 Å². The molecule has 1 aliphatic heterocycles. The van der Waals surface area contributed by atoms with Crippen LogP contribution >= 0.6 is 11.3 Å². The Morgan fingerprint density at radius 1 is 1.35 bits per heavy atom. The third-order valence-electron chi connectivity index (χ3n) is 5.35. The van der Waals surface area contributed by atoms with Gasteiger partial charge in [-0.25, -0.2) is 0 Å². The number of piperidine rings is 1. The predicted octanol–water partition coefficient (Wildman–Crippen LogP) is 4.08. The topological polar surface area (TPSA) is 43.8 Å². The highest BCUT2D eigenvalue weighted by atomic mass is 32.1. The summed E-state index contributed by atoms with van der Waals surface area (Å²) in [6.07, 6.45) is 1.18. The van der Waals surface area contributed by atoms with E-state index in [1.54, 1.807) is 11.3 Å². The number of hydrogen-bond acceptors (Lipinski definition) is 4. The molecule has 0 spiro atoms. The van der Waals surface area contributed by atoms with E-state index in [1.165, 1.54) is 4.88 Å². The molecule has 1 aliphatic rings. The molecule has 1 amide bonds. The zero-order valence-electron chi connectivity index (χ0n) is 15.8. The first kappa shape index (κ1) is 19.1. The van der Waals surface area contributed by atoms with Crippen LogP contribution < -0.4 is 4.90 Å². The second-order valence-corrected chi connectivity index (χ2v) is 8.26. The standard InChI is InChI=1S/C21H28N2O2S/c1-4-20(24)23(17-9-6-5-7-10-17)19-12-13-22(15-21(19,3)25)16(2)18-11-8-14-26-18/h5-11,14,16,19,25H,4,12-13,15H2,1-3H3/t16?,19-,21+/m0/s1. The molecular weight excluding hydrogens is 344 g/mol. The van der Waals surface area contributed by atoms with Gasteiger partial charge in [0.05, 0.1) is 11.6 Å². The first-order valence-corrected chi connectivity index (χ1v) is 10.2. The number of rotatable bonds is 5. The Labute approximate surface area is 160 Å². The summed E-state index contributed by atoms with van der Waals surface area (Å²) in [5.74, 6) is 0.0567. The van der Waals surface area contributed by atoms with Crippen LogP contribution in [-0.4, -0.2) is 40.6 Å². The van der Waals surface area contributed by atoms with Gasteiger partial charge in [0.1, 0.15) is 0 Å². The molecule has 3 rings (SSSR count). The fourth-order valence-electron chi connectivity index (χ4n) is 3.90. The van der Waals surface area contributed by atoms with E-state index in [1.807, 2.05) is 49.1 Å². The SMILES string of the molecule is CCC(=O)N(c1ccccc1)[C@H]1CCN(C(C)c2cccs2)C[C@@]1(C)O. The molecule has 2 heterocycles. The molecule has 2 aromatic rings. The van der Waals surface area contributed by atoms with Gasteiger partial charge in [-0.05, 0) is 43.8 Å². The Balaban J connectivity index is 1.83. The van der Waals surface area contributed by atoms with Crippen molar-refractivity contribution >= 4 is 22.9 Å². The van der Waals surface area contributed by atoms with Crippen molar-refractivity contribution in [1.82, 2.24) is 4.90 Å². The smallest absolute Gasteiger partial charge is 0.227 e. The molecule has 1 aromatic heterocycles. The molecular formula is C21H28N2O2S. The largest absolute Gasteiger partial charge is 0.387 e. The summed E-state index contributed by atoms with van der Waals surface area (Å²) in [5.41, 5.74) is -0.103. The molecule has 0 bridgehead atoms. The van der Waals surface area contributed by atoms with Gasteiger partial charge < -0.3 is 10.0 Å². The number of hydrogen-bond donors (Lipinski definition) is 1. The molecule has 1 unspecified atom stereocenters. The minimum atomic E-state index is -0.968. The van der Waals surface area contributed by atoms with Crippen LogP contribution in [0.15, 0.2) is 47.8 Å². The molecule has 140 valence electrons. The van der Waals surface area contributed by atoms with E-state index < -0.39 is 5.60 Å². The average Bonchev–Trinajstić information content (AvgIpc) is 3.17. The van der Waals surface area contributed by atoms with E-state index in [0.717, 1.165) is 18.7 Å². The number of β-amino-alcohol motifs (C(OH)–C–C–N with tert-alkyl or cyclic N) is 1. The van der Waals surface area contributed by atoms with Crippen molar-refractivity contribution in [2.45, 2.75) is 51.3 Å². The lowest BCUT2D eigenvalue weighted by molar-refractivity contribution is -0.121. The fraction of sp³-hybridized carbons (Fsp3) is 0.476. The number of nitrogens with zero attached hydrogens (tertiary/aromatic N) is 2. The first-order chi connectivity index (χ1) is 12.4. The second-order valence-electron chi connectivity index (χ2n) is 7.28. The van der Waals surface area contributed by atoms with Gasteiger partial charge in [0.15, 0.2) is 0 Å². The van der Waals surface area contributed by atoms with Crippen LogP contribution in [0.5, 0.6) is 0 Å². The van der Waals surface area contributed by atoms with Crippen molar-refractivity contribution in [3.63, 3.8) is 0 Å². The van der Waals surface area contributed by atoms with E-state index in [-0.39, 0.29) is 18.0 Å². The summed E-state index contributed by atoms with van der Waals surface area (Å²) >= 11 is 1.75. The lowest BCUT2D eigenvalue weighted by Crippen LogP contribution is -2.62. The van der Waals surface area contributed by atoms with Gasteiger partial charge in [-0.3, -0.25) is 9.69 Å². The molecule has 1 saturated heterocycles. The number of amides is 1. The predicted molar refractivity (Wildman–Crippen MR) is 108 cm³/mol. The van der Waals surface area contributed by atoms with Crippen molar-refractivity contribution in [2.24, 2.45) is 0 Å². The summed E-state index contributed by atoms with van der Waals surface area (Å²) in [4.78, 5) is 18.1. The molecule has 1 fully saturated rings. The Kier molecular flexibility index (Phi) is 5.80. The molecule has 0 radical (unpaired) electrons. The Morgan fingerprint density at radius 2 is 2.08 bits per heavy atom. The highest BCUT2D eigenvalue weighted by Gasteiger charge is 2.44. The minimum absolute atomic E-state index is 0.0567. The highest BCUT2D eigenvalue weighted by Crippen LogP contribution is 2.35. The maximum Gasteiger partial charge on any atom is 0.227 e. The molecule has 4 nitrogen and oxygen atoms in total. The quantitative estimate of drug-likeness (QED) is 0.860. The van der Waals surface area contributed by atoms with E-state index >= 15 is 0 Å². The number of carbonyl (C=O) groups excluding carboxylic acids is 1. The second kappa shape index (κ2) is 7.91. The number of benzene rings is 1. The Hall–Kier alpha value is -1.69. The van der Waals surface area contributed by atoms with Gasteiger partial charge in [0.2, 0.25) is 5.91 Å². The Morgan fingerprint density at radius 3 is 2.65 bits per heavy atom. The third-order valence-corrected chi connectivity index (χ3v) is 6.39. The lowest BCUT2D eigenvalue weighted by Gasteiger charge is -2.49. The van der Waals surface area contributed by atoms with Gasteiger partial charge in [0, 0.05) is 36.1 Å². The highest BCUT2D eigenvalue weighted by molar-refractivity contribution is 7.10. The number of aliphatic hydroxyl groups is 1. The van der Waals surface area contributed by atoms with Gasteiger partial charge in [-0.1, -0.05) is 31.2 Å². The normalized spacial score (nSPS) is 25.0. The van der Waals surface area contributed by atoms with Crippen molar-refractivity contribution in [3.05, 3.63) is 52.7 Å². The van der Waals surface area contributed by atoms with Crippen LogP contribution in [0.25, 0.3) is 0 Å². The summed E-state index contributed by atoms with van der Waals surface area (Å²) in [6, 6.07) is 14.0. The minimum Gasteiger partial charge on any atom is -0.387 e. The van der Waals surface area contributed by atoms with Crippen LogP contribution in [0.3, 0.4) is 0 Å². The average molecular weight is 373 g/mol. The summed E-state index contributed by atoms with van der Waals surface area (Å²) in [7, 11) is 0. The third kappa shape index (κ3) is 3.85. The molecule has 0 aliphatic carbocycles. The van der Waals surface area contributed by atoms with Crippen molar-refractivity contribution in [1.29, 1.82) is 0 Å². The zero-order valence-corrected chi connectivity index (χ0v) is 16.6. The number of carbonyl (C=O) groups is 1. The fourth-order valence-corrected chi connectivity index (χ4v) is 4.72. The van der Waals surface area contributed by atoms with Crippen molar-refractivity contribution < 1.29 is 9.90 Å². The molecule has 0 saturated carbocycles. The van der Waals surface area contributed by atoms with Crippen molar-refractivity contribution in [2.75, 3.05) is 18.0 Å². The number of likely N-dealkylation sites (tertiary alicyclic amines) is 1. The zero-order chi connectivity index (χ0) is 18.7.